The molecule has 0 radical (unpaired) electrons. The van der Waals surface area contributed by atoms with Gasteiger partial charge < -0.3 is 10.6 Å². The summed E-state index contributed by atoms with van der Waals surface area (Å²) in [5.41, 5.74) is 1.08. The van der Waals surface area contributed by atoms with E-state index in [1.165, 1.54) is 12.1 Å². The van der Waals surface area contributed by atoms with Gasteiger partial charge in [0.1, 0.15) is 11.6 Å². The van der Waals surface area contributed by atoms with Gasteiger partial charge in [-0.25, -0.2) is 9.37 Å². The van der Waals surface area contributed by atoms with E-state index in [1.54, 1.807) is 18.3 Å². The van der Waals surface area contributed by atoms with Crippen molar-refractivity contribution in [2.45, 2.75) is 19.8 Å². The summed E-state index contributed by atoms with van der Waals surface area (Å²) in [5, 5.41) is 6.38. The molecule has 1 aromatic carbocycles. The fraction of sp³-hybridized carbons (Fsp3) is 0.333. The third-order valence-corrected chi connectivity index (χ3v) is 2.82. The third-order valence-electron chi connectivity index (χ3n) is 2.82. The Morgan fingerprint density at radius 2 is 1.85 bits per heavy atom. The van der Waals surface area contributed by atoms with Crippen molar-refractivity contribution >= 4 is 11.8 Å². The third kappa shape index (κ3) is 4.50. The number of nitrogens with zero attached hydrogens (tertiary/aromatic N) is 2. The summed E-state index contributed by atoms with van der Waals surface area (Å²) >= 11 is 0. The van der Waals surface area contributed by atoms with Gasteiger partial charge >= 0.3 is 0 Å². The molecular weight excluding hydrogens is 255 g/mol. The van der Waals surface area contributed by atoms with Crippen LogP contribution in [-0.4, -0.2) is 23.1 Å². The summed E-state index contributed by atoms with van der Waals surface area (Å²) in [6.07, 6.45) is 3.58. The highest BCUT2D eigenvalue weighted by Gasteiger charge is 1.99. The van der Waals surface area contributed by atoms with Crippen LogP contribution in [0.2, 0.25) is 0 Å². The average Bonchev–Trinajstić information content (AvgIpc) is 2.48. The van der Waals surface area contributed by atoms with E-state index < -0.39 is 0 Å². The Labute approximate surface area is 118 Å². The molecule has 0 unspecified atom stereocenters. The van der Waals surface area contributed by atoms with Crippen LogP contribution in [0.25, 0.3) is 0 Å². The molecule has 2 rings (SSSR count). The van der Waals surface area contributed by atoms with Gasteiger partial charge in [0.25, 0.3) is 0 Å². The lowest BCUT2D eigenvalue weighted by Crippen LogP contribution is -2.09. The van der Waals surface area contributed by atoms with E-state index in [0.29, 0.717) is 12.5 Å². The monoisotopic (exact) mass is 274 g/mol. The lowest BCUT2D eigenvalue weighted by molar-refractivity contribution is 0.627. The van der Waals surface area contributed by atoms with Gasteiger partial charge in [0.2, 0.25) is 5.95 Å². The Kier molecular flexibility index (Phi) is 5.29. The van der Waals surface area contributed by atoms with Gasteiger partial charge in [-0.05, 0) is 36.6 Å². The Bertz CT molecular complexity index is 528. The zero-order valence-corrected chi connectivity index (χ0v) is 11.6. The van der Waals surface area contributed by atoms with Crippen molar-refractivity contribution in [2.24, 2.45) is 0 Å². The first-order valence-electron chi connectivity index (χ1n) is 6.83. The number of halogens is 1. The zero-order valence-electron chi connectivity index (χ0n) is 11.6. The first-order valence-corrected chi connectivity index (χ1v) is 6.83. The van der Waals surface area contributed by atoms with Crippen molar-refractivity contribution in [3.8, 4) is 0 Å². The summed E-state index contributed by atoms with van der Waals surface area (Å²) in [6, 6.07) is 8.37. The number of hydrogen-bond acceptors (Lipinski definition) is 4. The van der Waals surface area contributed by atoms with Crippen LogP contribution in [-0.2, 0) is 6.42 Å². The molecule has 0 bridgehead atoms. The average molecular weight is 274 g/mol. The standard InChI is InChI=1S/C15H19FN4/c1-2-9-17-14-8-11-19-15(20-14)18-10-7-12-3-5-13(16)6-4-12/h3-6,8,11H,2,7,9-10H2,1H3,(H2,17,18,19,20). The van der Waals surface area contributed by atoms with Gasteiger partial charge in [-0.2, -0.15) is 4.98 Å². The first-order chi connectivity index (χ1) is 9.78. The molecule has 20 heavy (non-hydrogen) atoms. The smallest absolute Gasteiger partial charge is 0.224 e. The lowest BCUT2D eigenvalue weighted by atomic mass is 10.1. The Balaban J connectivity index is 1.82. The van der Waals surface area contributed by atoms with Crippen LogP contribution in [0.3, 0.4) is 0 Å². The van der Waals surface area contributed by atoms with Crippen molar-refractivity contribution in [2.75, 3.05) is 23.7 Å². The van der Waals surface area contributed by atoms with Crippen molar-refractivity contribution < 1.29 is 4.39 Å². The van der Waals surface area contributed by atoms with E-state index >= 15 is 0 Å². The second kappa shape index (κ2) is 7.43. The SMILES string of the molecule is CCCNc1ccnc(NCCc2ccc(F)cc2)n1. The van der Waals surface area contributed by atoms with Crippen LogP contribution in [0.5, 0.6) is 0 Å². The van der Waals surface area contributed by atoms with Gasteiger partial charge in [0.15, 0.2) is 0 Å². The van der Waals surface area contributed by atoms with Crippen molar-refractivity contribution in [1.82, 2.24) is 9.97 Å². The summed E-state index contributed by atoms with van der Waals surface area (Å²) in [7, 11) is 0. The summed E-state index contributed by atoms with van der Waals surface area (Å²) in [4.78, 5) is 8.53. The second-order valence-corrected chi connectivity index (χ2v) is 4.50. The van der Waals surface area contributed by atoms with E-state index in [-0.39, 0.29) is 5.82 Å². The zero-order chi connectivity index (χ0) is 14.2. The molecule has 4 nitrogen and oxygen atoms in total. The van der Waals surface area contributed by atoms with Crippen LogP contribution < -0.4 is 10.6 Å². The van der Waals surface area contributed by atoms with Gasteiger partial charge in [0, 0.05) is 19.3 Å². The Morgan fingerprint density at radius 3 is 2.60 bits per heavy atom. The van der Waals surface area contributed by atoms with Crippen LogP contribution in [0.1, 0.15) is 18.9 Å². The molecule has 2 aromatic rings. The summed E-state index contributed by atoms with van der Waals surface area (Å²) in [5.74, 6) is 1.22. The van der Waals surface area contributed by atoms with Gasteiger partial charge in [-0.3, -0.25) is 0 Å². The molecule has 0 saturated carbocycles. The van der Waals surface area contributed by atoms with Gasteiger partial charge in [-0.15, -0.1) is 0 Å². The van der Waals surface area contributed by atoms with Crippen LogP contribution in [0.4, 0.5) is 16.2 Å². The minimum Gasteiger partial charge on any atom is -0.370 e. The van der Waals surface area contributed by atoms with E-state index in [2.05, 4.69) is 27.5 Å². The summed E-state index contributed by atoms with van der Waals surface area (Å²) < 4.78 is 12.8. The van der Waals surface area contributed by atoms with E-state index in [1.807, 2.05) is 6.07 Å². The van der Waals surface area contributed by atoms with E-state index in [0.717, 1.165) is 30.8 Å². The number of rotatable bonds is 7. The molecule has 106 valence electrons. The maximum atomic E-state index is 12.8. The van der Waals surface area contributed by atoms with Gasteiger partial charge in [-0.1, -0.05) is 19.1 Å². The van der Waals surface area contributed by atoms with Crippen LogP contribution >= 0.6 is 0 Å². The maximum Gasteiger partial charge on any atom is 0.224 e. The minimum atomic E-state index is -0.209. The maximum absolute atomic E-state index is 12.8. The predicted octanol–water partition coefficient (Wildman–Crippen LogP) is 3.09. The largest absolute Gasteiger partial charge is 0.370 e. The highest BCUT2D eigenvalue weighted by Crippen LogP contribution is 2.07. The molecule has 1 aromatic heterocycles. The number of anilines is 2. The quantitative estimate of drug-likeness (QED) is 0.814. The molecule has 0 saturated heterocycles. The minimum absolute atomic E-state index is 0.209. The molecule has 1 heterocycles. The topological polar surface area (TPSA) is 49.8 Å². The number of nitrogens with one attached hydrogen (secondary N) is 2. The first kappa shape index (κ1) is 14.2. The molecule has 0 amide bonds. The van der Waals surface area contributed by atoms with Crippen LogP contribution in [0.15, 0.2) is 36.5 Å². The Hall–Kier alpha value is -2.17. The molecule has 5 heteroatoms. The molecule has 0 aliphatic heterocycles. The predicted molar refractivity (Wildman–Crippen MR) is 79.4 cm³/mol. The second-order valence-electron chi connectivity index (χ2n) is 4.50. The van der Waals surface area contributed by atoms with E-state index in [4.69, 9.17) is 0 Å². The number of benzene rings is 1. The lowest BCUT2D eigenvalue weighted by Gasteiger charge is -2.07. The van der Waals surface area contributed by atoms with Crippen molar-refractivity contribution in [3.63, 3.8) is 0 Å². The molecule has 0 fully saturated rings. The number of hydrogen-bond donors (Lipinski definition) is 2. The number of aromatic nitrogens is 2. The molecule has 0 aliphatic carbocycles. The molecule has 2 N–H and O–H groups in total. The van der Waals surface area contributed by atoms with Crippen molar-refractivity contribution in [1.29, 1.82) is 0 Å². The fourth-order valence-electron chi connectivity index (χ4n) is 1.77. The highest BCUT2D eigenvalue weighted by molar-refractivity contribution is 5.39. The molecule has 0 atom stereocenters. The Morgan fingerprint density at radius 1 is 1.05 bits per heavy atom. The molecule has 0 aliphatic rings. The van der Waals surface area contributed by atoms with Crippen LogP contribution in [0, 0.1) is 5.82 Å². The van der Waals surface area contributed by atoms with Gasteiger partial charge in [0.05, 0.1) is 0 Å². The molecule has 0 spiro atoms. The van der Waals surface area contributed by atoms with Crippen molar-refractivity contribution in [3.05, 3.63) is 47.9 Å². The molecular formula is C15H19FN4. The highest BCUT2D eigenvalue weighted by atomic mass is 19.1. The fourth-order valence-corrected chi connectivity index (χ4v) is 1.77. The summed E-state index contributed by atoms with van der Waals surface area (Å²) in [6.45, 7) is 3.71. The van der Waals surface area contributed by atoms with E-state index in [9.17, 15) is 4.39 Å². The normalized spacial score (nSPS) is 10.3.